The third kappa shape index (κ3) is 8.16. The van der Waals surface area contributed by atoms with Crippen LogP contribution >= 0.6 is 27.7 Å². The van der Waals surface area contributed by atoms with Crippen LogP contribution in [-0.2, 0) is 0 Å². The molecule has 0 fully saturated rings. The van der Waals surface area contributed by atoms with Crippen LogP contribution < -0.4 is 10.5 Å². The topological polar surface area (TPSA) is 47.6 Å². The quantitative estimate of drug-likeness (QED) is 0.463. The Morgan fingerprint density at radius 1 is 1.47 bits per heavy atom. The van der Waals surface area contributed by atoms with Gasteiger partial charge in [0.15, 0.2) is 5.17 Å². The summed E-state index contributed by atoms with van der Waals surface area (Å²) < 4.78 is 6.64. The predicted molar refractivity (Wildman–Crippen MR) is 88.0 cm³/mol. The van der Waals surface area contributed by atoms with Crippen molar-refractivity contribution in [3.63, 3.8) is 0 Å². The van der Waals surface area contributed by atoms with Gasteiger partial charge in [-0.1, -0.05) is 47.6 Å². The molecular weight excluding hydrogens is 324 g/mol. The maximum atomic E-state index is 5.81. The van der Waals surface area contributed by atoms with E-state index >= 15 is 0 Å². The lowest BCUT2D eigenvalue weighted by atomic mass is 10.1. The summed E-state index contributed by atoms with van der Waals surface area (Å²) in [5.41, 5.74) is 5.81. The Balaban J connectivity index is 2.16. The summed E-state index contributed by atoms with van der Waals surface area (Å²) in [5, 5.41) is 0.651. The molecule has 106 valence electrons. The molecule has 0 spiro atoms. The first-order chi connectivity index (χ1) is 9.08. The molecule has 1 aromatic carbocycles. The average Bonchev–Trinajstić information content (AvgIpc) is 2.34. The SMILES string of the molecule is CC(C)CCN=C(N)SCCOc1cccc(Br)c1. The van der Waals surface area contributed by atoms with Crippen LogP contribution in [0.2, 0.25) is 0 Å². The molecule has 5 heteroatoms. The van der Waals surface area contributed by atoms with Crippen LogP contribution in [0.15, 0.2) is 33.7 Å². The normalized spacial score (nSPS) is 11.9. The van der Waals surface area contributed by atoms with Crippen molar-refractivity contribution in [3.8, 4) is 5.75 Å². The minimum atomic E-state index is 0.627. The van der Waals surface area contributed by atoms with Crippen molar-refractivity contribution in [2.45, 2.75) is 20.3 Å². The highest BCUT2D eigenvalue weighted by molar-refractivity contribution is 9.10. The molecule has 0 radical (unpaired) electrons. The van der Waals surface area contributed by atoms with E-state index in [0.717, 1.165) is 28.9 Å². The number of amidine groups is 1. The first kappa shape index (κ1) is 16.4. The Morgan fingerprint density at radius 3 is 2.95 bits per heavy atom. The van der Waals surface area contributed by atoms with Crippen LogP contribution in [0.25, 0.3) is 0 Å². The van der Waals surface area contributed by atoms with Gasteiger partial charge in [-0.25, -0.2) is 0 Å². The lowest BCUT2D eigenvalue weighted by molar-refractivity contribution is 0.344. The second kappa shape index (κ2) is 9.26. The van der Waals surface area contributed by atoms with Gasteiger partial charge in [-0.15, -0.1) is 0 Å². The molecule has 19 heavy (non-hydrogen) atoms. The molecule has 0 aliphatic carbocycles. The van der Waals surface area contributed by atoms with Gasteiger partial charge in [0, 0.05) is 16.8 Å². The molecule has 0 saturated heterocycles. The van der Waals surface area contributed by atoms with Gasteiger partial charge in [-0.05, 0) is 30.5 Å². The van der Waals surface area contributed by atoms with Gasteiger partial charge in [-0.3, -0.25) is 4.99 Å². The van der Waals surface area contributed by atoms with Crippen molar-refractivity contribution >= 4 is 32.9 Å². The summed E-state index contributed by atoms with van der Waals surface area (Å²) in [6.07, 6.45) is 1.08. The van der Waals surface area contributed by atoms with Crippen molar-refractivity contribution in [2.24, 2.45) is 16.6 Å². The second-order valence-electron chi connectivity index (χ2n) is 4.56. The number of benzene rings is 1. The van der Waals surface area contributed by atoms with E-state index in [2.05, 4.69) is 34.8 Å². The number of hydrogen-bond acceptors (Lipinski definition) is 3. The summed E-state index contributed by atoms with van der Waals surface area (Å²) in [6.45, 7) is 5.81. The van der Waals surface area contributed by atoms with E-state index in [0.29, 0.717) is 17.7 Å². The molecule has 0 bridgehead atoms. The Bertz CT molecular complexity index is 410. The minimum absolute atomic E-state index is 0.627. The standard InChI is InChI=1S/C14H21BrN2OS/c1-11(2)6-7-17-14(16)19-9-8-18-13-5-3-4-12(15)10-13/h3-5,10-11H,6-9H2,1-2H3,(H2,16,17). The Labute approximate surface area is 128 Å². The Hall–Kier alpha value is -0.680. The number of nitrogens with two attached hydrogens (primary N) is 1. The maximum Gasteiger partial charge on any atom is 0.154 e. The first-order valence-corrected chi connectivity index (χ1v) is 8.17. The molecule has 0 amide bonds. The number of ether oxygens (including phenoxy) is 1. The van der Waals surface area contributed by atoms with E-state index in [1.54, 1.807) is 11.8 Å². The molecule has 0 unspecified atom stereocenters. The molecule has 0 saturated carbocycles. The number of rotatable bonds is 7. The van der Waals surface area contributed by atoms with E-state index in [9.17, 15) is 0 Å². The molecule has 1 aromatic rings. The van der Waals surface area contributed by atoms with Gasteiger partial charge >= 0.3 is 0 Å². The fraction of sp³-hybridized carbons (Fsp3) is 0.500. The van der Waals surface area contributed by atoms with E-state index < -0.39 is 0 Å². The van der Waals surface area contributed by atoms with Gasteiger partial charge < -0.3 is 10.5 Å². The summed E-state index contributed by atoms with van der Waals surface area (Å²) >= 11 is 4.95. The van der Waals surface area contributed by atoms with Crippen molar-refractivity contribution in [3.05, 3.63) is 28.7 Å². The summed E-state index contributed by atoms with van der Waals surface area (Å²) in [6, 6.07) is 7.82. The monoisotopic (exact) mass is 344 g/mol. The lowest BCUT2D eigenvalue weighted by Gasteiger charge is -2.06. The summed E-state index contributed by atoms with van der Waals surface area (Å²) in [4.78, 5) is 4.32. The number of aliphatic imine (C=N–C) groups is 1. The zero-order valence-electron chi connectivity index (χ0n) is 11.4. The maximum absolute atomic E-state index is 5.81. The molecule has 0 aliphatic rings. The van der Waals surface area contributed by atoms with Crippen LogP contribution in [0, 0.1) is 5.92 Å². The predicted octanol–water partition coefficient (Wildman–Crippen LogP) is 3.92. The molecular formula is C14H21BrN2OS. The number of thioether (sulfide) groups is 1. The van der Waals surface area contributed by atoms with Crippen LogP contribution in [-0.4, -0.2) is 24.1 Å². The Morgan fingerprint density at radius 2 is 2.26 bits per heavy atom. The highest BCUT2D eigenvalue weighted by atomic mass is 79.9. The van der Waals surface area contributed by atoms with Crippen molar-refractivity contribution in [1.82, 2.24) is 0 Å². The molecule has 0 atom stereocenters. The zero-order valence-corrected chi connectivity index (χ0v) is 13.8. The molecule has 0 aromatic heterocycles. The van der Waals surface area contributed by atoms with E-state index in [4.69, 9.17) is 10.5 Å². The molecule has 1 rings (SSSR count). The number of nitrogens with zero attached hydrogens (tertiary/aromatic N) is 1. The van der Waals surface area contributed by atoms with Crippen molar-refractivity contribution in [1.29, 1.82) is 0 Å². The second-order valence-corrected chi connectivity index (χ2v) is 6.59. The van der Waals surface area contributed by atoms with Crippen molar-refractivity contribution < 1.29 is 4.74 Å². The van der Waals surface area contributed by atoms with Gasteiger partial charge in [0.25, 0.3) is 0 Å². The van der Waals surface area contributed by atoms with Gasteiger partial charge in [0.2, 0.25) is 0 Å². The third-order valence-corrected chi connectivity index (χ3v) is 3.66. The van der Waals surface area contributed by atoms with Gasteiger partial charge in [-0.2, -0.15) is 0 Å². The molecule has 0 heterocycles. The van der Waals surface area contributed by atoms with Crippen LogP contribution in [0.1, 0.15) is 20.3 Å². The van der Waals surface area contributed by atoms with E-state index in [1.807, 2.05) is 24.3 Å². The summed E-state index contributed by atoms with van der Waals surface area (Å²) in [7, 11) is 0. The van der Waals surface area contributed by atoms with Crippen LogP contribution in [0.3, 0.4) is 0 Å². The fourth-order valence-corrected chi connectivity index (χ4v) is 2.28. The minimum Gasteiger partial charge on any atom is -0.493 e. The number of hydrogen-bond donors (Lipinski definition) is 1. The molecule has 3 nitrogen and oxygen atoms in total. The highest BCUT2D eigenvalue weighted by Gasteiger charge is 1.98. The number of halogens is 1. The molecule has 0 aliphatic heterocycles. The average molecular weight is 345 g/mol. The highest BCUT2D eigenvalue weighted by Crippen LogP contribution is 2.17. The van der Waals surface area contributed by atoms with Crippen molar-refractivity contribution in [2.75, 3.05) is 18.9 Å². The largest absolute Gasteiger partial charge is 0.493 e. The molecule has 2 N–H and O–H groups in total. The van der Waals surface area contributed by atoms with E-state index in [1.165, 1.54) is 0 Å². The van der Waals surface area contributed by atoms with Crippen LogP contribution in [0.5, 0.6) is 5.75 Å². The fourth-order valence-electron chi connectivity index (χ4n) is 1.34. The first-order valence-electron chi connectivity index (χ1n) is 6.39. The summed E-state index contributed by atoms with van der Waals surface area (Å²) in [5.74, 6) is 2.34. The van der Waals surface area contributed by atoms with Crippen LogP contribution in [0.4, 0.5) is 0 Å². The van der Waals surface area contributed by atoms with E-state index in [-0.39, 0.29) is 0 Å². The lowest BCUT2D eigenvalue weighted by Crippen LogP contribution is -2.11. The smallest absolute Gasteiger partial charge is 0.154 e. The zero-order chi connectivity index (χ0) is 14.1. The van der Waals surface area contributed by atoms with Gasteiger partial charge in [0.1, 0.15) is 5.75 Å². The third-order valence-electron chi connectivity index (χ3n) is 2.37. The van der Waals surface area contributed by atoms with Gasteiger partial charge in [0.05, 0.1) is 6.61 Å². The Kier molecular flexibility index (Phi) is 7.98.